The molecule has 0 saturated carbocycles. The molecule has 2 atom stereocenters. The van der Waals surface area contributed by atoms with E-state index in [2.05, 4.69) is 26.3 Å². The van der Waals surface area contributed by atoms with Crippen molar-refractivity contribution in [2.75, 3.05) is 26.8 Å². The molecule has 1 aromatic heterocycles. The molecule has 1 amide bonds. The summed E-state index contributed by atoms with van der Waals surface area (Å²) in [5, 5.41) is 3.24. The van der Waals surface area contributed by atoms with Crippen LogP contribution >= 0.6 is 11.8 Å². The van der Waals surface area contributed by atoms with Gasteiger partial charge < -0.3 is 19.5 Å². The molecule has 0 bridgehead atoms. The molecule has 0 aliphatic carbocycles. The number of thioether (sulfide) groups is 1. The lowest BCUT2D eigenvalue weighted by atomic mass is 10.0. The van der Waals surface area contributed by atoms with Gasteiger partial charge in [0.1, 0.15) is 7.11 Å². The molecule has 1 aromatic carbocycles. The Balaban J connectivity index is 1.39. The lowest BCUT2D eigenvalue weighted by Gasteiger charge is -2.36. The molecule has 194 valence electrons. The third-order valence-corrected chi connectivity index (χ3v) is 7.01. The van der Waals surface area contributed by atoms with Gasteiger partial charge in [-0.2, -0.15) is 0 Å². The first kappa shape index (κ1) is 26.2. The predicted octanol–water partition coefficient (Wildman–Crippen LogP) is 3.62. The Morgan fingerprint density at radius 3 is 2.56 bits per heavy atom. The number of morpholine rings is 1. The fourth-order valence-electron chi connectivity index (χ4n) is 4.08. The van der Waals surface area contributed by atoms with E-state index >= 15 is 0 Å². The molecule has 2 aromatic rings. The first-order valence-corrected chi connectivity index (χ1v) is 12.4. The van der Waals surface area contributed by atoms with Crippen molar-refractivity contribution < 1.29 is 37.4 Å². The Morgan fingerprint density at radius 1 is 1.25 bits per heavy atom. The normalized spacial score (nSPS) is 19.7. The maximum absolute atomic E-state index is 13.5. The first-order valence-electron chi connectivity index (χ1n) is 11.6. The number of ether oxygens (including phenoxy) is 3. The number of carbonyl (C=O) groups is 1. The number of hydrogen-bond acceptors (Lipinski definition) is 7. The molecule has 11 heteroatoms. The lowest BCUT2D eigenvalue weighted by Crippen LogP contribution is -2.50. The standard InChI is InChI=1S/C25H29F2N3O5S/c1-15(2)19-12-20-21(35-25(26,27)34-20)13-23(19)36-17(4)28-24(31)16(3)29-10-11-33-22(14-29)18-6-8-30(32-5)9-7-18/h6-9,12-13,15-16,22H,4,10-11,14H2,1-3,5H3/p+1. The van der Waals surface area contributed by atoms with Crippen LogP contribution in [0.2, 0.25) is 0 Å². The average Bonchev–Trinajstić information content (AvgIpc) is 3.15. The third-order valence-electron chi connectivity index (χ3n) is 6.09. The zero-order valence-electron chi connectivity index (χ0n) is 20.6. The van der Waals surface area contributed by atoms with Crippen molar-refractivity contribution in [2.45, 2.75) is 50.0 Å². The van der Waals surface area contributed by atoms with Gasteiger partial charge in [0.25, 0.3) is 0 Å². The number of rotatable bonds is 8. The number of amides is 1. The number of nitrogens with zero attached hydrogens (tertiary/aromatic N) is 2. The molecule has 2 aliphatic rings. The molecule has 3 heterocycles. The highest BCUT2D eigenvalue weighted by Crippen LogP contribution is 2.46. The van der Waals surface area contributed by atoms with Gasteiger partial charge in [-0.1, -0.05) is 32.2 Å². The smallest absolute Gasteiger partial charge is 0.395 e. The molecule has 0 spiro atoms. The van der Waals surface area contributed by atoms with Crippen molar-refractivity contribution in [1.82, 2.24) is 10.2 Å². The van der Waals surface area contributed by atoms with Crippen molar-refractivity contribution in [3.05, 3.63) is 59.4 Å². The second kappa shape index (κ2) is 10.6. The van der Waals surface area contributed by atoms with Gasteiger partial charge in [-0.3, -0.25) is 14.5 Å². The van der Waals surface area contributed by atoms with E-state index in [-0.39, 0.29) is 29.4 Å². The maximum Gasteiger partial charge on any atom is 0.586 e. The minimum Gasteiger partial charge on any atom is -0.395 e. The van der Waals surface area contributed by atoms with Crippen LogP contribution in [0.3, 0.4) is 0 Å². The highest BCUT2D eigenvalue weighted by molar-refractivity contribution is 8.03. The fourth-order valence-corrected chi connectivity index (χ4v) is 5.08. The van der Waals surface area contributed by atoms with Crippen molar-refractivity contribution in [2.24, 2.45) is 0 Å². The molecule has 1 N–H and O–H groups in total. The Morgan fingerprint density at radius 2 is 1.92 bits per heavy atom. The van der Waals surface area contributed by atoms with E-state index < -0.39 is 12.3 Å². The number of hydrogen-bond donors (Lipinski definition) is 1. The number of fused-ring (bicyclic) bond motifs is 1. The average molecular weight is 523 g/mol. The number of benzene rings is 1. The zero-order chi connectivity index (χ0) is 26.0. The molecule has 2 unspecified atom stereocenters. The first-order chi connectivity index (χ1) is 17.1. The minimum absolute atomic E-state index is 0.00588. The second-order valence-corrected chi connectivity index (χ2v) is 10.0. The fraction of sp³-hybridized carbons (Fsp3) is 0.440. The Labute approximate surface area is 213 Å². The molecule has 4 rings (SSSR count). The SMILES string of the molecule is C=C(NC(=O)C(C)N1CCOC(c2cc[n+](OC)cc2)C1)Sc1cc2c(cc1C(C)C)OC(F)(F)O2. The van der Waals surface area contributed by atoms with E-state index in [4.69, 9.17) is 9.57 Å². The lowest BCUT2D eigenvalue weighted by molar-refractivity contribution is -0.885. The van der Waals surface area contributed by atoms with Crippen molar-refractivity contribution in [3.8, 4) is 11.5 Å². The molecule has 36 heavy (non-hydrogen) atoms. The maximum atomic E-state index is 13.5. The van der Waals surface area contributed by atoms with E-state index in [1.807, 2.05) is 32.9 Å². The van der Waals surface area contributed by atoms with Gasteiger partial charge in [0.15, 0.2) is 11.5 Å². The van der Waals surface area contributed by atoms with Gasteiger partial charge in [0.05, 0.1) is 23.8 Å². The summed E-state index contributed by atoms with van der Waals surface area (Å²) in [6, 6.07) is 6.47. The summed E-state index contributed by atoms with van der Waals surface area (Å²) in [4.78, 5) is 20.9. The second-order valence-electron chi connectivity index (χ2n) is 8.88. The van der Waals surface area contributed by atoms with Crippen LogP contribution in [0.4, 0.5) is 8.78 Å². The summed E-state index contributed by atoms with van der Waals surface area (Å²) >= 11 is 1.19. The van der Waals surface area contributed by atoms with Gasteiger partial charge in [-0.05, 0) is 36.1 Å². The molecular formula is C25H30F2N3O5S+. The van der Waals surface area contributed by atoms with Crippen LogP contribution in [0.1, 0.15) is 43.9 Å². The molecular weight excluding hydrogens is 492 g/mol. The Hall–Kier alpha value is -2.89. The van der Waals surface area contributed by atoms with Crippen LogP contribution in [-0.2, 0) is 9.53 Å². The summed E-state index contributed by atoms with van der Waals surface area (Å²) in [5.74, 6) is -0.235. The Bertz CT molecular complexity index is 1130. The third kappa shape index (κ3) is 5.91. The van der Waals surface area contributed by atoms with Crippen molar-refractivity contribution >= 4 is 17.7 Å². The van der Waals surface area contributed by atoms with Crippen molar-refractivity contribution in [1.29, 1.82) is 0 Å². The number of carbonyl (C=O) groups excluding carboxylic acids is 1. The molecule has 1 saturated heterocycles. The zero-order valence-corrected chi connectivity index (χ0v) is 21.4. The number of nitrogens with one attached hydrogen (secondary N) is 1. The van der Waals surface area contributed by atoms with Crippen LogP contribution in [0.5, 0.6) is 11.5 Å². The van der Waals surface area contributed by atoms with E-state index in [9.17, 15) is 13.6 Å². The number of halogens is 2. The van der Waals surface area contributed by atoms with Gasteiger partial charge in [-0.15, -0.1) is 8.78 Å². The predicted molar refractivity (Wildman–Crippen MR) is 129 cm³/mol. The van der Waals surface area contributed by atoms with Crippen molar-refractivity contribution in [3.63, 3.8) is 0 Å². The van der Waals surface area contributed by atoms with E-state index in [0.717, 1.165) is 11.1 Å². The summed E-state index contributed by atoms with van der Waals surface area (Å²) < 4.78 is 43.7. The van der Waals surface area contributed by atoms with E-state index in [1.165, 1.54) is 17.8 Å². The van der Waals surface area contributed by atoms with E-state index in [0.29, 0.717) is 29.6 Å². The highest BCUT2D eigenvalue weighted by atomic mass is 32.2. The quantitative estimate of drug-likeness (QED) is 0.419. The molecule has 1 fully saturated rings. The van der Waals surface area contributed by atoms with E-state index in [1.54, 1.807) is 30.3 Å². The van der Waals surface area contributed by atoms with Crippen LogP contribution in [0.25, 0.3) is 0 Å². The summed E-state index contributed by atoms with van der Waals surface area (Å²) in [6.45, 7) is 11.4. The summed E-state index contributed by atoms with van der Waals surface area (Å²) in [7, 11) is 1.58. The van der Waals surface area contributed by atoms with Gasteiger partial charge >= 0.3 is 6.29 Å². The van der Waals surface area contributed by atoms with Crippen LogP contribution in [0, 0.1) is 0 Å². The highest BCUT2D eigenvalue weighted by Gasteiger charge is 2.44. The largest absolute Gasteiger partial charge is 0.586 e. The summed E-state index contributed by atoms with van der Waals surface area (Å²) in [5.41, 5.74) is 1.78. The summed E-state index contributed by atoms with van der Waals surface area (Å²) in [6.07, 6.45) is -0.255. The van der Waals surface area contributed by atoms with Crippen LogP contribution in [0.15, 0.2) is 53.2 Å². The van der Waals surface area contributed by atoms with Gasteiger partial charge in [0.2, 0.25) is 18.3 Å². The van der Waals surface area contributed by atoms with Crippen LogP contribution in [-0.4, -0.2) is 49.9 Å². The number of aromatic nitrogens is 1. The topological polar surface area (TPSA) is 73.1 Å². The Kier molecular flexibility index (Phi) is 7.72. The van der Waals surface area contributed by atoms with Crippen LogP contribution < -0.4 is 24.4 Å². The molecule has 8 nitrogen and oxygen atoms in total. The number of pyridine rings is 1. The number of alkyl halides is 2. The molecule has 2 aliphatic heterocycles. The monoisotopic (exact) mass is 522 g/mol. The minimum atomic E-state index is -3.69. The van der Waals surface area contributed by atoms with Gasteiger partial charge in [-0.25, -0.2) is 0 Å². The molecule has 0 radical (unpaired) electrons. The van der Waals surface area contributed by atoms with Gasteiger partial charge in [0, 0.05) is 34.8 Å².